The van der Waals surface area contributed by atoms with Crippen molar-refractivity contribution >= 4 is 0 Å². The van der Waals surface area contributed by atoms with Crippen molar-refractivity contribution in [3.8, 4) is 0 Å². The molecule has 0 heteroatoms. The van der Waals surface area contributed by atoms with E-state index in [4.69, 9.17) is 0 Å². The molecule has 0 aliphatic heterocycles. The van der Waals surface area contributed by atoms with E-state index in [1.54, 1.807) is 0 Å². The van der Waals surface area contributed by atoms with Crippen LogP contribution in [0.5, 0.6) is 0 Å². The summed E-state index contributed by atoms with van der Waals surface area (Å²) in [6.45, 7) is 6.73. The fraction of sp³-hybridized carbons (Fsp3) is 0.294. The van der Waals surface area contributed by atoms with Crippen molar-refractivity contribution in [3.05, 3.63) is 70.8 Å². The number of hydrogen-bond donors (Lipinski definition) is 0. The number of rotatable bonds is 3. The first-order valence-electron chi connectivity index (χ1n) is 6.28. The van der Waals surface area contributed by atoms with Crippen molar-refractivity contribution in [2.45, 2.75) is 33.1 Å². The van der Waals surface area contributed by atoms with E-state index in [0.717, 1.165) is 6.42 Å². The van der Waals surface area contributed by atoms with Crippen LogP contribution in [-0.2, 0) is 6.42 Å². The van der Waals surface area contributed by atoms with Gasteiger partial charge in [0, 0.05) is 0 Å². The van der Waals surface area contributed by atoms with Gasteiger partial charge in [0.25, 0.3) is 0 Å². The van der Waals surface area contributed by atoms with Gasteiger partial charge in [0.05, 0.1) is 0 Å². The lowest BCUT2D eigenvalue weighted by Gasteiger charge is -2.16. The SMILES string of the molecule is Cc1cccc(C(C)Cc2ccccc2)c1C. The average Bonchev–Trinajstić information content (AvgIpc) is 2.34. The molecule has 1 atom stereocenters. The van der Waals surface area contributed by atoms with E-state index in [1.807, 2.05) is 0 Å². The second-order valence-corrected chi connectivity index (χ2v) is 4.88. The van der Waals surface area contributed by atoms with Crippen LogP contribution in [0.15, 0.2) is 48.5 Å². The van der Waals surface area contributed by atoms with Crippen molar-refractivity contribution in [2.75, 3.05) is 0 Å². The Bertz CT molecular complexity index is 483. The first-order valence-corrected chi connectivity index (χ1v) is 6.28. The summed E-state index contributed by atoms with van der Waals surface area (Å²) in [5.41, 5.74) is 5.73. The minimum absolute atomic E-state index is 0.581. The summed E-state index contributed by atoms with van der Waals surface area (Å²) >= 11 is 0. The van der Waals surface area contributed by atoms with Crippen molar-refractivity contribution in [3.63, 3.8) is 0 Å². The molecule has 0 aliphatic rings. The van der Waals surface area contributed by atoms with Crippen LogP contribution in [0.4, 0.5) is 0 Å². The van der Waals surface area contributed by atoms with E-state index >= 15 is 0 Å². The zero-order valence-electron chi connectivity index (χ0n) is 10.9. The third kappa shape index (κ3) is 2.76. The van der Waals surface area contributed by atoms with Gasteiger partial charge in [0.1, 0.15) is 0 Å². The molecule has 0 N–H and O–H groups in total. The highest BCUT2D eigenvalue weighted by molar-refractivity contribution is 5.36. The maximum Gasteiger partial charge on any atom is -0.0147 e. The molecule has 0 nitrogen and oxygen atoms in total. The predicted molar refractivity (Wildman–Crippen MR) is 74.5 cm³/mol. The summed E-state index contributed by atoms with van der Waals surface area (Å²) in [7, 11) is 0. The second kappa shape index (κ2) is 5.18. The largest absolute Gasteiger partial charge is 0.0622 e. The van der Waals surface area contributed by atoms with E-state index < -0.39 is 0 Å². The van der Waals surface area contributed by atoms with E-state index in [0.29, 0.717) is 5.92 Å². The fourth-order valence-electron chi connectivity index (χ4n) is 2.39. The van der Waals surface area contributed by atoms with Crippen LogP contribution in [0, 0.1) is 13.8 Å². The lowest BCUT2D eigenvalue weighted by molar-refractivity contribution is 0.752. The van der Waals surface area contributed by atoms with Gasteiger partial charge in [-0.2, -0.15) is 0 Å². The van der Waals surface area contributed by atoms with Crippen molar-refractivity contribution in [2.24, 2.45) is 0 Å². The Labute approximate surface area is 104 Å². The van der Waals surface area contributed by atoms with Crippen LogP contribution in [0.2, 0.25) is 0 Å². The molecule has 2 rings (SSSR count). The summed E-state index contributed by atoms with van der Waals surface area (Å²) in [6.07, 6.45) is 1.12. The maximum absolute atomic E-state index is 2.31. The molecule has 0 heterocycles. The third-order valence-corrected chi connectivity index (χ3v) is 3.56. The van der Waals surface area contributed by atoms with E-state index in [1.165, 1.54) is 22.3 Å². The second-order valence-electron chi connectivity index (χ2n) is 4.88. The first-order chi connectivity index (χ1) is 8.18. The Morgan fingerprint density at radius 1 is 0.882 bits per heavy atom. The third-order valence-electron chi connectivity index (χ3n) is 3.56. The predicted octanol–water partition coefficient (Wildman–Crippen LogP) is 4.65. The van der Waals surface area contributed by atoms with Gasteiger partial charge in [0.2, 0.25) is 0 Å². The lowest BCUT2D eigenvalue weighted by atomic mass is 9.89. The minimum Gasteiger partial charge on any atom is -0.0622 e. The number of benzene rings is 2. The fourth-order valence-corrected chi connectivity index (χ4v) is 2.39. The van der Waals surface area contributed by atoms with Gasteiger partial charge in [-0.1, -0.05) is 55.5 Å². The molecule has 0 fully saturated rings. The maximum atomic E-state index is 2.31. The minimum atomic E-state index is 0.581. The van der Waals surface area contributed by atoms with Gasteiger partial charge < -0.3 is 0 Å². The van der Waals surface area contributed by atoms with Crippen molar-refractivity contribution in [1.82, 2.24) is 0 Å². The molecule has 0 spiro atoms. The Morgan fingerprint density at radius 2 is 1.59 bits per heavy atom. The molecule has 0 amide bonds. The summed E-state index contributed by atoms with van der Waals surface area (Å²) in [5.74, 6) is 0.581. The highest BCUT2D eigenvalue weighted by Crippen LogP contribution is 2.25. The van der Waals surface area contributed by atoms with Gasteiger partial charge in [-0.05, 0) is 48.4 Å². The number of hydrogen-bond acceptors (Lipinski definition) is 0. The summed E-state index contributed by atoms with van der Waals surface area (Å²) < 4.78 is 0. The molecule has 88 valence electrons. The molecule has 1 unspecified atom stereocenters. The number of aryl methyl sites for hydroxylation is 1. The molecule has 0 bridgehead atoms. The highest BCUT2D eigenvalue weighted by atomic mass is 14.1. The van der Waals surface area contributed by atoms with Crippen LogP contribution in [0.1, 0.15) is 35.1 Å². The summed E-state index contributed by atoms with van der Waals surface area (Å²) in [6, 6.07) is 17.3. The average molecular weight is 224 g/mol. The standard InChI is InChI=1S/C17H20/c1-13-8-7-11-17(15(13)3)14(2)12-16-9-5-4-6-10-16/h4-11,14H,12H2,1-3H3. The smallest absolute Gasteiger partial charge is 0.0147 e. The van der Waals surface area contributed by atoms with Gasteiger partial charge >= 0.3 is 0 Å². The van der Waals surface area contributed by atoms with E-state index in [9.17, 15) is 0 Å². The zero-order valence-corrected chi connectivity index (χ0v) is 10.9. The van der Waals surface area contributed by atoms with Gasteiger partial charge in [0.15, 0.2) is 0 Å². The van der Waals surface area contributed by atoms with Gasteiger partial charge in [-0.15, -0.1) is 0 Å². The van der Waals surface area contributed by atoms with Crippen LogP contribution < -0.4 is 0 Å². The van der Waals surface area contributed by atoms with Gasteiger partial charge in [-0.25, -0.2) is 0 Å². The molecule has 0 saturated heterocycles. The van der Waals surface area contributed by atoms with E-state index in [-0.39, 0.29) is 0 Å². The molecule has 17 heavy (non-hydrogen) atoms. The van der Waals surface area contributed by atoms with Crippen LogP contribution in [0.25, 0.3) is 0 Å². The van der Waals surface area contributed by atoms with Crippen LogP contribution in [0.3, 0.4) is 0 Å². The molecule has 0 aliphatic carbocycles. The summed E-state index contributed by atoms with van der Waals surface area (Å²) in [4.78, 5) is 0. The molecule has 0 aromatic heterocycles. The molecular formula is C17H20. The molecular weight excluding hydrogens is 204 g/mol. The highest BCUT2D eigenvalue weighted by Gasteiger charge is 2.09. The lowest BCUT2D eigenvalue weighted by Crippen LogP contribution is -2.01. The van der Waals surface area contributed by atoms with Crippen LogP contribution in [-0.4, -0.2) is 0 Å². The molecule has 0 saturated carbocycles. The monoisotopic (exact) mass is 224 g/mol. The first kappa shape index (κ1) is 11.9. The Kier molecular flexibility index (Phi) is 3.63. The zero-order chi connectivity index (χ0) is 12.3. The Balaban J connectivity index is 2.20. The van der Waals surface area contributed by atoms with Gasteiger partial charge in [-0.3, -0.25) is 0 Å². The van der Waals surface area contributed by atoms with Crippen LogP contribution >= 0.6 is 0 Å². The van der Waals surface area contributed by atoms with E-state index in [2.05, 4.69) is 69.3 Å². The molecule has 2 aromatic rings. The molecule has 0 radical (unpaired) electrons. The van der Waals surface area contributed by atoms with Crippen molar-refractivity contribution in [1.29, 1.82) is 0 Å². The van der Waals surface area contributed by atoms with Crippen molar-refractivity contribution < 1.29 is 0 Å². The quantitative estimate of drug-likeness (QED) is 0.712. The normalized spacial score (nSPS) is 12.4. The Morgan fingerprint density at radius 3 is 2.29 bits per heavy atom. The molecule has 2 aromatic carbocycles. The topological polar surface area (TPSA) is 0 Å². The Hall–Kier alpha value is -1.56. The summed E-state index contributed by atoms with van der Waals surface area (Å²) in [5, 5.41) is 0.